The number of likely N-dealkylation sites (tertiary alicyclic amines) is 1. The lowest BCUT2D eigenvalue weighted by Gasteiger charge is -2.29. The quantitative estimate of drug-likeness (QED) is 0.801. The smallest absolute Gasteiger partial charge is 0.222 e. The molecule has 1 atom stereocenters. The normalized spacial score (nSPS) is 22.0. The molecule has 1 saturated heterocycles. The maximum Gasteiger partial charge on any atom is 0.222 e. The average molecular weight is 282 g/mol. The van der Waals surface area contributed by atoms with Gasteiger partial charge in [-0.3, -0.25) is 4.79 Å². The third kappa shape index (κ3) is 6.25. The molecule has 118 valence electrons. The molecule has 3 heteroatoms. The van der Waals surface area contributed by atoms with Gasteiger partial charge in [-0.2, -0.15) is 0 Å². The van der Waals surface area contributed by atoms with Gasteiger partial charge in [-0.1, -0.05) is 20.8 Å². The van der Waals surface area contributed by atoms with Crippen molar-refractivity contribution >= 4 is 5.91 Å². The molecule has 0 aliphatic carbocycles. The molecule has 0 spiro atoms. The molecule has 1 rings (SSSR count). The standard InChI is InChI=1S/C17H34N2O/c1-16(2,3)14-8-9-15(20)19(13-10-14)12-7-11-18-17(4,5)6/h14,18H,7-13H2,1-6H3. The first-order chi connectivity index (χ1) is 9.09. The predicted molar refractivity (Wildman–Crippen MR) is 85.7 cm³/mol. The summed E-state index contributed by atoms with van der Waals surface area (Å²) in [6.45, 7) is 16.3. The van der Waals surface area contributed by atoms with Crippen molar-refractivity contribution < 1.29 is 4.79 Å². The first-order valence-corrected chi connectivity index (χ1v) is 8.12. The van der Waals surface area contributed by atoms with Gasteiger partial charge in [-0.25, -0.2) is 0 Å². The van der Waals surface area contributed by atoms with Crippen LogP contribution in [0.5, 0.6) is 0 Å². The van der Waals surface area contributed by atoms with Crippen LogP contribution in [0.15, 0.2) is 0 Å². The van der Waals surface area contributed by atoms with E-state index < -0.39 is 0 Å². The topological polar surface area (TPSA) is 32.3 Å². The fourth-order valence-electron chi connectivity index (χ4n) is 2.87. The Kier molecular flexibility index (Phi) is 6.06. The average Bonchev–Trinajstić information content (AvgIpc) is 2.45. The Morgan fingerprint density at radius 2 is 1.80 bits per heavy atom. The van der Waals surface area contributed by atoms with Crippen molar-refractivity contribution in [1.82, 2.24) is 10.2 Å². The number of carbonyl (C=O) groups is 1. The van der Waals surface area contributed by atoms with Crippen molar-refractivity contribution in [3.63, 3.8) is 0 Å². The van der Waals surface area contributed by atoms with Crippen molar-refractivity contribution in [2.75, 3.05) is 19.6 Å². The summed E-state index contributed by atoms with van der Waals surface area (Å²) < 4.78 is 0. The summed E-state index contributed by atoms with van der Waals surface area (Å²) in [4.78, 5) is 14.3. The largest absolute Gasteiger partial charge is 0.343 e. The van der Waals surface area contributed by atoms with Gasteiger partial charge in [0.25, 0.3) is 0 Å². The summed E-state index contributed by atoms with van der Waals surface area (Å²) >= 11 is 0. The Bertz CT molecular complexity index is 312. The molecular weight excluding hydrogens is 248 g/mol. The molecule has 1 amide bonds. The molecule has 0 saturated carbocycles. The zero-order valence-corrected chi connectivity index (χ0v) is 14.4. The van der Waals surface area contributed by atoms with Gasteiger partial charge in [0.05, 0.1) is 0 Å². The number of hydrogen-bond donors (Lipinski definition) is 1. The molecular formula is C17H34N2O. The van der Waals surface area contributed by atoms with E-state index in [1.54, 1.807) is 0 Å². The molecule has 20 heavy (non-hydrogen) atoms. The number of amides is 1. The van der Waals surface area contributed by atoms with Crippen LogP contribution in [-0.2, 0) is 4.79 Å². The SMILES string of the molecule is CC(C)(C)NCCCN1CCC(C(C)(C)C)CCC1=O. The Hall–Kier alpha value is -0.570. The Balaban J connectivity index is 2.38. The third-order valence-electron chi connectivity index (χ3n) is 4.29. The second kappa shape index (κ2) is 6.93. The second-order valence-electron chi connectivity index (χ2n) is 8.30. The maximum atomic E-state index is 12.2. The Labute approximate surface area is 125 Å². The minimum absolute atomic E-state index is 0.167. The molecule has 1 unspecified atom stereocenters. The van der Waals surface area contributed by atoms with E-state index in [9.17, 15) is 4.79 Å². The predicted octanol–water partition coefficient (Wildman–Crippen LogP) is 3.44. The zero-order chi connectivity index (χ0) is 15.4. The molecule has 1 heterocycles. The van der Waals surface area contributed by atoms with E-state index in [-0.39, 0.29) is 5.54 Å². The van der Waals surface area contributed by atoms with Gasteiger partial charge in [-0.05, 0) is 57.9 Å². The van der Waals surface area contributed by atoms with E-state index in [4.69, 9.17) is 0 Å². The van der Waals surface area contributed by atoms with Crippen LogP contribution in [-0.4, -0.2) is 36.0 Å². The number of nitrogens with zero attached hydrogens (tertiary/aromatic N) is 1. The second-order valence-corrected chi connectivity index (χ2v) is 8.30. The molecule has 3 nitrogen and oxygen atoms in total. The fraction of sp³-hybridized carbons (Fsp3) is 0.941. The summed E-state index contributed by atoms with van der Waals surface area (Å²) in [6.07, 6.45) is 3.98. The Morgan fingerprint density at radius 3 is 2.35 bits per heavy atom. The minimum atomic E-state index is 0.167. The fourth-order valence-corrected chi connectivity index (χ4v) is 2.87. The summed E-state index contributed by atoms with van der Waals surface area (Å²) in [5.74, 6) is 1.02. The molecule has 1 N–H and O–H groups in total. The highest BCUT2D eigenvalue weighted by Crippen LogP contribution is 2.34. The van der Waals surface area contributed by atoms with Crippen molar-refractivity contribution in [2.24, 2.45) is 11.3 Å². The van der Waals surface area contributed by atoms with Crippen molar-refractivity contribution in [1.29, 1.82) is 0 Å². The van der Waals surface area contributed by atoms with Crippen LogP contribution in [0.2, 0.25) is 0 Å². The van der Waals surface area contributed by atoms with Crippen LogP contribution >= 0.6 is 0 Å². The molecule has 0 aromatic heterocycles. The summed E-state index contributed by atoms with van der Waals surface area (Å²) in [5, 5.41) is 3.49. The molecule has 1 fully saturated rings. The summed E-state index contributed by atoms with van der Waals surface area (Å²) in [7, 11) is 0. The van der Waals surface area contributed by atoms with E-state index in [0.717, 1.165) is 45.3 Å². The number of rotatable bonds is 4. The van der Waals surface area contributed by atoms with Crippen molar-refractivity contribution in [3.05, 3.63) is 0 Å². The van der Waals surface area contributed by atoms with E-state index in [2.05, 4.69) is 51.8 Å². The minimum Gasteiger partial charge on any atom is -0.343 e. The first kappa shape index (κ1) is 17.5. The van der Waals surface area contributed by atoms with Crippen molar-refractivity contribution in [3.8, 4) is 0 Å². The van der Waals surface area contributed by atoms with Crippen LogP contribution < -0.4 is 5.32 Å². The lowest BCUT2D eigenvalue weighted by Crippen LogP contribution is -2.39. The lowest BCUT2D eigenvalue weighted by molar-refractivity contribution is -0.130. The first-order valence-electron chi connectivity index (χ1n) is 8.12. The lowest BCUT2D eigenvalue weighted by atomic mass is 9.77. The molecule has 1 aliphatic heterocycles. The molecule has 0 aromatic carbocycles. The van der Waals surface area contributed by atoms with Gasteiger partial charge in [-0.15, -0.1) is 0 Å². The maximum absolute atomic E-state index is 12.2. The van der Waals surface area contributed by atoms with E-state index in [0.29, 0.717) is 17.2 Å². The van der Waals surface area contributed by atoms with Crippen LogP contribution in [0.4, 0.5) is 0 Å². The summed E-state index contributed by atoms with van der Waals surface area (Å²) in [5.41, 5.74) is 0.490. The van der Waals surface area contributed by atoms with Gasteiger partial charge in [0.1, 0.15) is 0 Å². The van der Waals surface area contributed by atoms with E-state index in [1.807, 2.05) is 0 Å². The van der Waals surface area contributed by atoms with Crippen LogP contribution in [0.25, 0.3) is 0 Å². The van der Waals surface area contributed by atoms with Crippen LogP contribution in [0.1, 0.15) is 67.2 Å². The number of nitrogens with one attached hydrogen (secondary N) is 1. The molecule has 0 bridgehead atoms. The number of hydrogen-bond acceptors (Lipinski definition) is 2. The van der Waals surface area contributed by atoms with Crippen LogP contribution in [0, 0.1) is 11.3 Å². The highest BCUT2D eigenvalue weighted by Gasteiger charge is 2.29. The molecule has 0 radical (unpaired) electrons. The van der Waals surface area contributed by atoms with E-state index in [1.165, 1.54) is 0 Å². The highest BCUT2D eigenvalue weighted by molar-refractivity contribution is 5.76. The van der Waals surface area contributed by atoms with Gasteiger partial charge in [0.15, 0.2) is 0 Å². The highest BCUT2D eigenvalue weighted by atomic mass is 16.2. The molecule has 1 aliphatic rings. The molecule has 0 aromatic rings. The third-order valence-corrected chi connectivity index (χ3v) is 4.29. The van der Waals surface area contributed by atoms with E-state index >= 15 is 0 Å². The Morgan fingerprint density at radius 1 is 1.15 bits per heavy atom. The van der Waals surface area contributed by atoms with Crippen molar-refractivity contribution in [2.45, 2.75) is 72.8 Å². The monoisotopic (exact) mass is 282 g/mol. The summed E-state index contributed by atoms with van der Waals surface area (Å²) in [6, 6.07) is 0. The zero-order valence-electron chi connectivity index (χ0n) is 14.4. The van der Waals surface area contributed by atoms with Gasteiger partial charge < -0.3 is 10.2 Å². The number of carbonyl (C=O) groups excluding carboxylic acids is 1. The van der Waals surface area contributed by atoms with Crippen LogP contribution in [0.3, 0.4) is 0 Å². The van der Waals surface area contributed by atoms with Gasteiger partial charge in [0, 0.05) is 25.0 Å². The van der Waals surface area contributed by atoms with Gasteiger partial charge >= 0.3 is 0 Å². The van der Waals surface area contributed by atoms with Gasteiger partial charge in [0.2, 0.25) is 5.91 Å².